The van der Waals surface area contributed by atoms with Gasteiger partial charge in [-0.2, -0.15) is 0 Å². The zero-order valence-electron chi connectivity index (χ0n) is 16.9. The van der Waals surface area contributed by atoms with Crippen molar-refractivity contribution in [1.82, 2.24) is 4.90 Å². The molecule has 3 rings (SSSR count). The zero-order chi connectivity index (χ0) is 22.4. The number of rotatable bonds is 8. The van der Waals surface area contributed by atoms with E-state index in [9.17, 15) is 18.8 Å². The average molecular weight is 431 g/mol. The van der Waals surface area contributed by atoms with Crippen LogP contribution in [0.4, 0.5) is 9.18 Å². The number of ether oxygens (including phenoxy) is 3. The molecule has 1 amide bonds. The number of carbonyl (C=O) groups excluding carboxylic acids is 2. The fraction of sp³-hybridized carbons (Fsp3) is 0.318. The molecule has 0 aliphatic carbocycles. The number of hydrogen-bond donors (Lipinski definition) is 1. The van der Waals surface area contributed by atoms with Gasteiger partial charge in [-0.25, -0.2) is 14.0 Å². The molecular weight excluding hydrogens is 409 g/mol. The maximum absolute atomic E-state index is 13.1. The van der Waals surface area contributed by atoms with Gasteiger partial charge >= 0.3 is 12.1 Å². The van der Waals surface area contributed by atoms with Gasteiger partial charge < -0.3 is 24.2 Å². The highest BCUT2D eigenvalue weighted by atomic mass is 19.1. The molecular formula is C22H22FNO7. The maximum Gasteiger partial charge on any atom is 0.414 e. The molecule has 9 heteroatoms. The molecule has 0 radical (unpaired) electrons. The smallest absolute Gasteiger partial charge is 0.414 e. The predicted molar refractivity (Wildman–Crippen MR) is 107 cm³/mol. The van der Waals surface area contributed by atoms with Gasteiger partial charge in [0, 0.05) is 26.3 Å². The van der Waals surface area contributed by atoms with E-state index in [0.717, 1.165) is 0 Å². The Morgan fingerprint density at radius 1 is 1.23 bits per heavy atom. The van der Waals surface area contributed by atoms with Gasteiger partial charge in [-0.05, 0) is 36.2 Å². The number of carboxylic acids is 1. The lowest BCUT2D eigenvalue weighted by molar-refractivity contribution is -0.142. The van der Waals surface area contributed by atoms with Crippen molar-refractivity contribution in [2.24, 2.45) is 0 Å². The van der Waals surface area contributed by atoms with Crippen LogP contribution in [0, 0.1) is 5.82 Å². The first kappa shape index (κ1) is 22.2. The minimum atomic E-state index is -1.05. The number of amides is 1. The number of halogens is 1. The van der Waals surface area contributed by atoms with E-state index in [0.29, 0.717) is 29.8 Å². The number of carbonyl (C=O) groups is 3. The van der Waals surface area contributed by atoms with Crippen LogP contribution in [0.5, 0.6) is 11.5 Å². The number of fused-ring (bicyclic) bond motifs is 1. The van der Waals surface area contributed by atoms with Crippen LogP contribution in [0.15, 0.2) is 42.5 Å². The summed E-state index contributed by atoms with van der Waals surface area (Å²) in [5.41, 5.74) is 1.03. The third-order valence-corrected chi connectivity index (χ3v) is 4.74. The van der Waals surface area contributed by atoms with E-state index < -0.39 is 18.0 Å². The summed E-state index contributed by atoms with van der Waals surface area (Å²) in [5, 5.41) is 8.50. The normalized spacial score (nSPS) is 15.0. The minimum absolute atomic E-state index is 0.102. The number of hydrogen-bond acceptors (Lipinski definition) is 6. The molecule has 8 nitrogen and oxygen atoms in total. The van der Waals surface area contributed by atoms with Crippen LogP contribution in [0.2, 0.25) is 0 Å². The van der Waals surface area contributed by atoms with E-state index in [1.54, 1.807) is 19.2 Å². The van der Waals surface area contributed by atoms with Crippen LogP contribution < -0.4 is 9.47 Å². The Bertz CT molecular complexity index is 961. The molecule has 0 aromatic heterocycles. The van der Waals surface area contributed by atoms with Crippen LogP contribution in [0.3, 0.4) is 0 Å². The fourth-order valence-corrected chi connectivity index (χ4v) is 3.10. The second-order valence-electron chi connectivity index (χ2n) is 7.03. The van der Waals surface area contributed by atoms with Gasteiger partial charge in [-0.3, -0.25) is 4.79 Å². The monoisotopic (exact) mass is 431 g/mol. The first-order valence-electron chi connectivity index (χ1n) is 9.64. The van der Waals surface area contributed by atoms with Crippen LogP contribution in [-0.2, 0) is 9.53 Å². The van der Waals surface area contributed by atoms with E-state index in [1.165, 1.54) is 35.2 Å². The average Bonchev–Trinajstić information content (AvgIpc) is 2.74. The molecule has 1 atom stereocenters. The summed E-state index contributed by atoms with van der Waals surface area (Å²) in [7, 11) is 1.55. The first-order chi connectivity index (χ1) is 14.8. The Morgan fingerprint density at radius 2 is 1.97 bits per heavy atom. The van der Waals surface area contributed by atoms with Crippen LogP contribution in [0.1, 0.15) is 28.3 Å². The lowest BCUT2D eigenvalue weighted by Crippen LogP contribution is -2.31. The molecule has 1 aliphatic heterocycles. The lowest BCUT2D eigenvalue weighted by Gasteiger charge is -2.25. The number of Topliss-reactive ketones (excluding diaryl/α,β-unsaturated/α-hetero) is 1. The molecule has 2 aromatic carbocycles. The van der Waals surface area contributed by atoms with E-state index >= 15 is 0 Å². The van der Waals surface area contributed by atoms with Crippen molar-refractivity contribution in [2.75, 3.05) is 33.4 Å². The zero-order valence-corrected chi connectivity index (χ0v) is 16.9. The van der Waals surface area contributed by atoms with E-state index in [4.69, 9.17) is 19.3 Å². The quantitative estimate of drug-likeness (QED) is 0.641. The molecule has 164 valence electrons. The molecule has 31 heavy (non-hydrogen) atoms. The summed E-state index contributed by atoms with van der Waals surface area (Å²) >= 11 is 0. The summed E-state index contributed by atoms with van der Waals surface area (Å²) in [6, 6.07) is 10.3. The second kappa shape index (κ2) is 10.0. The number of aliphatic carboxylic acids is 1. The summed E-state index contributed by atoms with van der Waals surface area (Å²) in [6.07, 6.45) is -0.157. The summed E-state index contributed by atoms with van der Waals surface area (Å²) < 4.78 is 29.1. The Kier molecular flexibility index (Phi) is 7.19. The molecule has 1 heterocycles. The molecule has 0 bridgehead atoms. The first-order valence-corrected chi connectivity index (χ1v) is 9.64. The minimum Gasteiger partial charge on any atom is -0.492 e. The number of benzene rings is 2. The second-order valence-corrected chi connectivity index (χ2v) is 7.03. The molecule has 0 saturated carbocycles. The standard InChI is InChI=1S/C22H22FNO7/c1-24(9-2-10-29-13-20(25)26)22(28)31-16-7-8-17-19(11-16)30-12-18(21(17)27)14-3-5-15(23)6-4-14/h3-8,11,18H,2,9-10,12-13H2,1H3,(H,25,26). The van der Waals surface area contributed by atoms with Crippen molar-refractivity contribution in [2.45, 2.75) is 12.3 Å². The predicted octanol–water partition coefficient (Wildman–Crippen LogP) is 3.11. The third-order valence-electron chi connectivity index (χ3n) is 4.74. The highest BCUT2D eigenvalue weighted by molar-refractivity contribution is 6.04. The number of ketones is 1. The van der Waals surface area contributed by atoms with Gasteiger partial charge in [0.15, 0.2) is 5.78 Å². The third kappa shape index (κ3) is 5.79. The van der Waals surface area contributed by atoms with Crippen molar-refractivity contribution >= 4 is 17.8 Å². The summed E-state index contributed by atoms with van der Waals surface area (Å²) in [6.45, 7) is 0.237. The van der Waals surface area contributed by atoms with Crippen LogP contribution in [-0.4, -0.2) is 61.3 Å². The van der Waals surface area contributed by atoms with Crippen molar-refractivity contribution in [3.63, 3.8) is 0 Å². The molecule has 1 N–H and O–H groups in total. The van der Waals surface area contributed by atoms with Crippen molar-refractivity contribution in [1.29, 1.82) is 0 Å². The summed E-state index contributed by atoms with van der Waals surface area (Å²) in [4.78, 5) is 36.7. The van der Waals surface area contributed by atoms with Gasteiger partial charge in [0.25, 0.3) is 0 Å². The van der Waals surface area contributed by atoms with E-state index in [1.807, 2.05) is 0 Å². The summed E-state index contributed by atoms with van der Waals surface area (Å²) in [5.74, 6) is -1.56. The van der Waals surface area contributed by atoms with Gasteiger partial charge in [0.1, 0.15) is 30.5 Å². The van der Waals surface area contributed by atoms with Crippen LogP contribution >= 0.6 is 0 Å². The van der Waals surface area contributed by atoms with E-state index in [2.05, 4.69) is 0 Å². The lowest BCUT2D eigenvalue weighted by atomic mass is 9.89. The molecule has 1 unspecified atom stereocenters. The van der Waals surface area contributed by atoms with Crippen molar-refractivity contribution < 1.29 is 38.1 Å². The Morgan fingerprint density at radius 3 is 2.68 bits per heavy atom. The number of nitrogens with zero attached hydrogens (tertiary/aromatic N) is 1. The SMILES string of the molecule is CN(CCCOCC(=O)O)C(=O)Oc1ccc2c(c1)OCC(c1ccc(F)cc1)C2=O. The molecule has 0 spiro atoms. The Hall–Kier alpha value is -3.46. The molecule has 0 fully saturated rings. The van der Waals surface area contributed by atoms with Crippen LogP contribution in [0.25, 0.3) is 0 Å². The Labute approximate surface area is 178 Å². The highest BCUT2D eigenvalue weighted by Crippen LogP contribution is 2.35. The van der Waals surface area contributed by atoms with Gasteiger partial charge in [0.05, 0.1) is 11.5 Å². The molecule has 2 aromatic rings. The van der Waals surface area contributed by atoms with Gasteiger partial charge in [-0.1, -0.05) is 12.1 Å². The molecule has 0 saturated heterocycles. The Balaban J connectivity index is 1.57. The number of carboxylic acid groups (broad SMARTS) is 1. The van der Waals surface area contributed by atoms with E-state index in [-0.39, 0.29) is 37.2 Å². The maximum atomic E-state index is 13.1. The fourth-order valence-electron chi connectivity index (χ4n) is 3.10. The largest absolute Gasteiger partial charge is 0.492 e. The van der Waals surface area contributed by atoms with Crippen molar-refractivity contribution in [3.05, 3.63) is 59.4 Å². The van der Waals surface area contributed by atoms with Crippen molar-refractivity contribution in [3.8, 4) is 11.5 Å². The topological polar surface area (TPSA) is 102 Å². The highest BCUT2D eigenvalue weighted by Gasteiger charge is 2.30. The van der Waals surface area contributed by atoms with Gasteiger partial charge in [0.2, 0.25) is 0 Å². The van der Waals surface area contributed by atoms with Gasteiger partial charge in [-0.15, -0.1) is 0 Å². The molecule has 1 aliphatic rings.